The van der Waals surface area contributed by atoms with E-state index in [0.29, 0.717) is 6.42 Å². The minimum atomic E-state index is -1.52. The number of hydrogen-bond acceptors (Lipinski definition) is 9. The molecule has 3 aromatic carbocycles. The van der Waals surface area contributed by atoms with Gasteiger partial charge in [0, 0.05) is 6.54 Å². The van der Waals surface area contributed by atoms with Crippen LogP contribution in [0.1, 0.15) is 108 Å². The molecule has 0 spiro atoms. The van der Waals surface area contributed by atoms with E-state index in [-0.39, 0.29) is 37.3 Å². The molecule has 0 saturated carbocycles. The highest BCUT2D eigenvalue weighted by atomic mass is 19.2. The van der Waals surface area contributed by atoms with Gasteiger partial charge < -0.3 is 45.6 Å². The number of carbonyl (C=O) groups excluding carboxylic acids is 2. The van der Waals surface area contributed by atoms with Crippen LogP contribution in [-0.4, -0.2) is 100.0 Å². The van der Waals surface area contributed by atoms with Crippen LogP contribution in [0.3, 0.4) is 0 Å². The van der Waals surface area contributed by atoms with Crippen molar-refractivity contribution in [3.05, 3.63) is 83.4 Å². The van der Waals surface area contributed by atoms with E-state index in [2.05, 4.69) is 17.6 Å². The van der Waals surface area contributed by atoms with Crippen LogP contribution in [0.2, 0.25) is 0 Å². The van der Waals surface area contributed by atoms with E-state index >= 15 is 0 Å². The molecule has 0 aliphatic heterocycles. The molecular weight excluding hydrogens is 750 g/mol. The lowest BCUT2D eigenvalue weighted by Crippen LogP contribution is -2.53. The van der Waals surface area contributed by atoms with Crippen LogP contribution in [0, 0.1) is 11.6 Å². The van der Waals surface area contributed by atoms with Crippen molar-refractivity contribution in [2.45, 2.75) is 153 Å². The maximum absolute atomic E-state index is 13.9. The van der Waals surface area contributed by atoms with Crippen molar-refractivity contribution >= 4 is 22.6 Å². The molecule has 58 heavy (non-hydrogen) atoms. The minimum Gasteiger partial charge on any atom is -0.394 e. The summed E-state index contributed by atoms with van der Waals surface area (Å²) in [7, 11) is 0. The van der Waals surface area contributed by atoms with Crippen LogP contribution >= 0.6 is 0 Å². The first-order valence-electron chi connectivity index (χ1n) is 21.0. The van der Waals surface area contributed by atoms with Crippen LogP contribution in [0.15, 0.2) is 60.7 Å². The molecule has 3 aromatic rings. The normalized spacial score (nSPS) is 15.3. The maximum Gasteiger partial charge on any atom is 0.224 e. The second kappa shape index (κ2) is 27.2. The fraction of sp³-hybridized carbons (Fsp3) is 0.600. The summed E-state index contributed by atoms with van der Waals surface area (Å²) in [5.41, 5.74) is 0.940. The highest BCUT2D eigenvalue weighted by molar-refractivity contribution is 5.85. The molecule has 2 amide bonds. The minimum absolute atomic E-state index is 0.0362. The molecule has 0 aromatic heterocycles. The van der Waals surface area contributed by atoms with Crippen molar-refractivity contribution in [1.29, 1.82) is 0 Å². The summed E-state index contributed by atoms with van der Waals surface area (Å²) in [5, 5.41) is 60.5. The van der Waals surface area contributed by atoms with E-state index < -0.39 is 73.6 Å². The number of hydrogen-bond donors (Lipinski definition) is 7. The first-order valence-corrected chi connectivity index (χ1v) is 21.0. The number of ether oxygens (including phenoxy) is 2. The Kier molecular flexibility index (Phi) is 22.9. The molecule has 324 valence electrons. The predicted molar refractivity (Wildman–Crippen MR) is 220 cm³/mol. The number of rotatable bonds is 30. The molecule has 7 N–H and O–H groups in total. The SMILES string of the molecule is CCCCCCCCCCCCCC[C@@H](O)[C@@H](O)[C@H](CO[C@@H](OC(CNC(=O)Cc1ccc2ccccc2c1)[C@H](O)CO)[C@H](C)O)NC(=O)Cc1ccc(F)c(F)c1. The van der Waals surface area contributed by atoms with Gasteiger partial charge in [0.1, 0.15) is 24.4 Å². The maximum atomic E-state index is 13.9. The molecule has 0 bridgehead atoms. The molecule has 0 heterocycles. The number of carbonyl (C=O) groups is 2. The van der Waals surface area contributed by atoms with Gasteiger partial charge in [0.2, 0.25) is 11.8 Å². The molecular formula is C45H66F2N2O9. The predicted octanol–water partition coefficient (Wildman–Crippen LogP) is 5.78. The van der Waals surface area contributed by atoms with Gasteiger partial charge in [-0.1, -0.05) is 133 Å². The number of nitrogens with one attached hydrogen (secondary N) is 2. The zero-order chi connectivity index (χ0) is 42.3. The van der Waals surface area contributed by atoms with Crippen molar-refractivity contribution in [3.8, 4) is 0 Å². The average Bonchev–Trinajstić information content (AvgIpc) is 3.20. The number of benzene rings is 3. The van der Waals surface area contributed by atoms with Crippen molar-refractivity contribution in [2.75, 3.05) is 19.8 Å². The third-order valence-electron chi connectivity index (χ3n) is 10.3. The Bertz CT molecular complexity index is 1630. The molecule has 3 rings (SSSR count). The second-order valence-electron chi connectivity index (χ2n) is 15.4. The van der Waals surface area contributed by atoms with Crippen LogP contribution < -0.4 is 10.6 Å². The number of aliphatic hydroxyl groups is 5. The van der Waals surface area contributed by atoms with Gasteiger partial charge in [0.25, 0.3) is 0 Å². The molecule has 11 nitrogen and oxygen atoms in total. The smallest absolute Gasteiger partial charge is 0.224 e. The number of aliphatic hydroxyl groups excluding tert-OH is 5. The molecule has 0 aliphatic carbocycles. The van der Waals surface area contributed by atoms with E-state index in [4.69, 9.17) is 9.47 Å². The molecule has 0 saturated heterocycles. The van der Waals surface area contributed by atoms with Crippen molar-refractivity contribution in [1.82, 2.24) is 10.6 Å². The zero-order valence-electron chi connectivity index (χ0n) is 34.2. The zero-order valence-corrected chi connectivity index (χ0v) is 34.2. The molecule has 13 heteroatoms. The largest absolute Gasteiger partial charge is 0.394 e. The van der Waals surface area contributed by atoms with Gasteiger partial charge in [0.05, 0.1) is 38.2 Å². The summed E-state index contributed by atoms with van der Waals surface area (Å²) in [5.74, 6) is -3.24. The van der Waals surface area contributed by atoms with E-state index in [1.807, 2.05) is 42.5 Å². The average molecular weight is 817 g/mol. The topological polar surface area (TPSA) is 178 Å². The Balaban J connectivity index is 1.58. The molecule has 0 fully saturated rings. The fourth-order valence-electron chi connectivity index (χ4n) is 6.82. The molecule has 0 radical (unpaired) electrons. The van der Waals surface area contributed by atoms with Gasteiger partial charge in [-0.15, -0.1) is 0 Å². The second-order valence-corrected chi connectivity index (χ2v) is 15.4. The van der Waals surface area contributed by atoms with Gasteiger partial charge >= 0.3 is 0 Å². The van der Waals surface area contributed by atoms with Crippen LogP contribution in [-0.2, 0) is 31.9 Å². The monoisotopic (exact) mass is 816 g/mol. The lowest BCUT2D eigenvalue weighted by Gasteiger charge is -2.32. The van der Waals surface area contributed by atoms with E-state index in [1.54, 1.807) is 0 Å². The first kappa shape index (κ1) is 48.8. The lowest BCUT2D eigenvalue weighted by atomic mass is 9.99. The van der Waals surface area contributed by atoms with Crippen LogP contribution in [0.5, 0.6) is 0 Å². The van der Waals surface area contributed by atoms with Gasteiger partial charge in [-0.3, -0.25) is 9.59 Å². The lowest BCUT2D eigenvalue weighted by molar-refractivity contribution is -0.233. The summed E-state index contributed by atoms with van der Waals surface area (Å²) < 4.78 is 39.0. The Morgan fingerprint density at radius 1 is 0.707 bits per heavy atom. The number of unbranched alkanes of at least 4 members (excludes halogenated alkanes) is 11. The van der Waals surface area contributed by atoms with Gasteiger partial charge in [-0.05, 0) is 47.4 Å². The third-order valence-corrected chi connectivity index (χ3v) is 10.3. The van der Waals surface area contributed by atoms with E-state index in [1.165, 1.54) is 57.9 Å². The van der Waals surface area contributed by atoms with Gasteiger partial charge in [-0.2, -0.15) is 0 Å². The number of fused-ring (bicyclic) bond motifs is 1. The standard InChI is InChI=1S/C45H66F2N2O9/c1-3-4-5-6-7-8-9-10-11-12-13-14-19-39(52)44(56)38(49-43(55)27-33-21-23-36(46)37(47)25-33)30-57-45(31(2)51)58-41(40(53)29-50)28-48-42(54)26-32-20-22-34-17-15-16-18-35(34)24-32/h15-18,20-25,31,38-41,44-45,50-53,56H,3-14,19,26-30H2,1-2H3,(H,48,54)(H,49,55)/t31-,38-,39+,40+,41?,44-,45-/m0/s1. The highest BCUT2D eigenvalue weighted by Gasteiger charge is 2.32. The first-order chi connectivity index (χ1) is 27.9. The highest BCUT2D eigenvalue weighted by Crippen LogP contribution is 2.19. The van der Waals surface area contributed by atoms with E-state index in [9.17, 15) is 43.9 Å². The number of halogens is 2. The Morgan fingerprint density at radius 2 is 1.29 bits per heavy atom. The Morgan fingerprint density at radius 3 is 1.91 bits per heavy atom. The van der Waals surface area contributed by atoms with Crippen molar-refractivity contribution in [3.63, 3.8) is 0 Å². The summed E-state index contributed by atoms with van der Waals surface area (Å²) in [6.45, 7) is 2.09. The fourth-order valence-corrected chi connectivity index (χ4v) is 6.82. The summed E-state index contributed by atoms with van der Waals surface area (Å²) in [6.07, 6.45) is 5.17. The van der Waals surface area contributed by atoms with E-state index in [0.717, 1.165) is 54.2 Å². The molecule has 0 aliphatic rings. The summed E-state index contributed by atoms with van der Waals surface area (Å²) in [6, 6.07) is 15.2. The summed E-state index contributed by atoms with van der Waals surface area (Å²) >= 11 is 0. The van der Waals surface area contributed by atoms with Crippen LogP contribution in [0.4, 0.5) is 8.78 Å². The van der Waals surface area contributed by atoms with Gasteiger partial charge in [0.15, 0.2) is 17.9 Å². The van der Waals surface area contributed by atoms with Crippen LogP contribution in [0.25, 0.3) is 10.8 Å². The quantitative estimate of drug-likeness (QED) is 0.0325. The Labute approximate surface area is 342 Å². The molecule has 1 unspecified atom stereocenters. The van der Waals surface area contributed by atoms with Gasteiger partial charge in [-0.25, -0.2) is 8.78 Å². The molecule has 7 atom stereocenters. The summed E-state index contributed by atoms with van der Waals surface area (Å²) in [4.78, 5) is 26.0. The van der Waals surface area contributed by atoms with Crippen molar-refractivity contribution in [2.24, 2.45) is 0 Å². The third kappa shape index (κ3) is 18.1. The Hall–Kier alpha value is -3.56. The number of amides is 2. The van der Waals surface area contributed by atoms with Crippen molar-refractivity contribution < 1.29 is 53.4 Å².